The molecular formula is C36H30N4. The highest BCUT2D eigenvalue weighted by Gasteiger charge is 2.51. The first-order valence-electron chi connectivity index (χ1n) is 14.5. The van der Waals surface area contributed by atoms with Crippen LogP contribution in [0.3, 0.4) is 0 Å². The Morgan fingerprint density at radius 3 is 1.73 bits per heavy atom. The standard InChI is InChI=1S/C36H30N4/c37-22-23-6-7-30-18-31(9-8-29(30)17-23)35-39-33(27-4-2-1-3-5-27)38-34(40-35)28-10-12-32(13-11-28)36-19-24-14-25(20-36)16-26(15-24)21-36/h1-13,17-18,24-26H,14-16,19-21H2. The molecular weight excluding hydrogens is 488 g/mol. The number of fused-ring (bicyclic) bond motifs is 1. The fourth-order valence-corrected chi connectivity index (χ4v) is 8.24. The van der Waals surface area contributed by atoms with Crippen LogP contribution in [0.1, 0.15) is 49.7 Å². The summed E-state index contributed by atoms with van der Waals surface area (Å²) in [6, 6.07) is 33.5. The van der Waals surface area contributed by atoms with Gasteiger partial charge in [0, 0.05) is 16.7 Å². The van der Waals surface area contributed by atoms with Crippen LogP contribution in [0.4, 0.5) is 0 Å². The Hall–Kier alpha value is -4.36. The maximum Gasteiger partial charge on any atom is 0.164 e. The fourth-order valence-electron chi connectivity index (χ4n) is 8.24. The molecule has 4 saturated carbocycles. The van der Waals surface area contributed by atoms with E-state index in [0.29, 0.717) is 28.5 Å². The second kappa shape index (κ2) is 9.10. The van der Waals surface area contributed by atoms with Crippen LogP contribution in [0.25, 0.3) is 44.9 Å². The molecule has 1 heterocycles. The molecule has 9 rings (SSSR count). The zero-order valence-electron chi connectivity index (χ0n) is 22.4. The van der Waals surface area contributed by atoms with Gasteiger partial charge >= 0.3 is 0 Å². The maximum atomic E-state index is 9.28. The minimum Gasteiger partial charge on any atom is -0.208 e. The van der Waals surface area contributed by atoms with Crippen LogP contribution in [-0.4, -0.2) is 15.0 Å². The van der Waals surface area contributed by atoms with E-state index >= 15 is 0 Å². The predicted molar refractivity (Wildman–Crippen MR) is 158 cm³/mol. The third kappa shape index (κ3) is 4.00. The minimum atomic E-state index is 0.378. The van der Waals surface area contributed by atoms with E-state index in [4.69, 9.17) is 15.0 Å². The van der Waals surface area contributed by atoms with E-state index in [1.54, 1.807) is 0 Å². The van der Waals surface area contributed by atoms with Crippen LogP contribution >= 0.6 is 0 Å². The lowest BCUT2D eigenvalue weighted by atomic mass is 9.48. The first-order valence-corrected chi connectivity index (χ1v) is 14.5. The third-order valence-electron chi connectivity index (χ3n) is 9.69. The molecule has 0 amide bonds. The maximum absolute atomic E-state index is 9.28. The molecule has 4 fully saturated rings. The van der Waals surface area contributed by atoms with Gasteiger partial charge in [0.25, 0.3) is 0 Å². The minimum absolute atomic E-state index is 0.378. The normalized spacial score (nSPS) is 24.7. The Kier molecular flexibility index (Phi) is 5.35. The molecule has 5 aromatic rings. The van der Waals surface area contributed by atoms with Gasteiger partial charge < -0.3 is 0 Å². The summed E-state index contributed by atoms with van der Waals surface area (Å²) < 4.78 is 0. The Labute approximate surface area is 234 Å². The highest BCUT2D eigenvalue weighted by molar-refractivity contribution is 5.87. The van der Waals surface area contributed by atoms with Crippen molar-refractivity contribution in [2.75, 3.05) is 0 Å². The average Bonchev–Trinajstić information content (AvgIpc) is 3.00. The number of benzene rings is 4. The molecule has 0 unspecified atom stereocenters. The van der Waals surface area contributed by atoms with Crippen molar-refractivity contribution in [3.05, 3.63) is 102 Å². The first kappa shape index (κ1) is 23.5. The molecule has 4 heteroatoms. The average molecular weight is 519 g/mol. The lowest BCUT2D eigenvalue weighted by Crippen LogP contribution is -2.48. The number of hydrogen-bond acceptors (Lipinski definition) is 4. The number of rotatable bonds is 4. The van der Waals surface area contributed by atoms with Crippen molar-refractivity contribution in [3.63, 3.8) is 0 Å². The fraction of sp³-hybridized carbons (Fsp3) is 0.278. The van der Waals surface area contributed by atoms with Gasteiger partial charge in [-0.05, 0) is 96.2 Å². The van der Waals surface area contributed by atoms with Gasteiger partial charge in [0.15, 0.2) is 17.5 Å². The van der Waals surface area contributed by atoms with Gasteiger partial charge in [0.2, 0.25) is 0 Å². The van der Waals surface area contributed by atoms with Gasteiger partial charge in [-0.1, -0.05) is 72.8 Å². The van der Waals surface area contributed by atoms with Crippen LogP contribution in [0.15, 0.2) is 91.0 Å². The monoisotopic (exact) mass is 518 g/mol. The third-order valence-corrected chi connectivity index (χ3v) is 9.69. The molecule has 4 aromatic carbocycles. The lowest BCUT2D eigenvalue weighted by molar-refractivity contribution is -0.00518. The molecule has 0 spiro atoms. The second-order valence-corrected chi connectivity index (χ2v) is 12.3. The Balaban J connectivity index is 1.20. The van der Waals surface area contributed by atoms with Gasteiger partial charge in [-0.2, -0.15) is 5.26 Å². The molecule has 40 heavy (non-hydrogen) atoms. The van der Waals surface area contributed by atoms with Crippen molar-refractivity contribution in [1.29, 1.82) is 5.26 Å². The molecule has 4 bridgehead atoms. The molecule has 4 aliphatic rings. The van der Waals surface area contributed by atoms with E-state index in [-0.39, 0.29) is 0 Å². The Morgan fingerprint density at radius 2 is 1.10 bits per heavy atom. The largest absolute Gasteiger partial charge is 0.208 e. The summed E-state index contributed by atoms with van der Waals surface area (Å²) in [6.45, 7) is 0. The number of hydrogen-bond donors (Lipinski definition) is 0. The number of aromatic nitrogens is 3. The summed E-state index contributed by atoms with van der Waals surface area (Å²) >= 11 is 0. The lowest BCUT2D eigenvalue weighted by Gasteiger charge is -2.57. The highest BCUT2D eigenvalue weighted by Crippen LogP contribution is 2.60. The summed E-state index contributed by atoms with van der Waals surface area (Å²) in [6.07, 6.45) is 8.48. The van der Waals surface area contributed by atoms with Crippen molar-refractivity contribution in [1.82, 2.24) is 15.0 Å². The van der Waals surface area contributed by atoms with E-state index in [0.717, 1.165) is 45.2 Å². The van der Waals surface area contributed by atoms with Crippen LogP contribution in [-0.2, 0) is 5.41 Å². The topological polar surface area (TPSA) is 62.5 Å². The summed E-state index contributed by atoms with van der Waals surface area (Å²) in [5.74, 6) is 4.81. The quantitative estimate of drug-likeness (QED) is 0.240. The zero-order valence-corrected chi connectivity index (χ0v) is 22.4. The van der Waals surface area contributed by atoms with Crippen molar-refractivity contribution < 1.29 is 0 Å². The first-order chi connectivity index (χ1) is 19.6. The van der Waals surface area contributed by atoms with Crippen molar-refractivity contribution in [3.8, 4) is 40.2 Å². The summed E-state index contributed by atoms with van der Waals surface area (Å²) in [5.41, 5.74) is 5.47. The number of nitriles is 1. The van der Waals surface area contributed by atoms with Crippen LogP contribution < -0.4 is 0 Å². The summed E-state index contributed by atoms with van der Waals surface area (Å²) in [5, 5.41) is 11.4. The van der Waals surface area contributed by atoms with E-state index < -0.39 is 0 Å². The SMILES string of the molecule is N#Cc1ccc2cc(-c3nc(-c4ccccc4)nc(-c4ccc(C56CC7CC(CC(C7)C5)C6)cc4)n3)ccc2c1. The van der Waals surface area contributed by atoms with E-state index in [9.17, 15) is 5.26 Å². The molecule has 0 N–H and O–H groups in total. The highest BCUT2D eigenvalue weighted by atomic mass is 15.0. The predicted octanol–water partition coefficient (Wildman–Crippen LogP) is 8.37. The van der Waals surface area contributed by atoms with E-state index in [2.05, 4.69) is 36.4 Å². The van der Waals surface area contributed by atoms with Gasteiger partial charge in [0.05, 0.1) is 11.6 Å². The Bertz CT molecular complexity index is 1750. The van der Waals surface area contributed by atoms with Gasteiger partial charge in [-0.3, -0.25) is 0 Å². The van der Waals surface area contributed by atoms with Crippen molar-refractivity contribution in [2.45, 2.75) is 43.9 Å². The van der Waals surface area contributed by atoms with E-state index in [1.165, 1.54) is 44.1 Å². The van der Waals surface area contributed by atoms with Crippen LogP contribution in [0.2, 0.25) is 0 Å². The molecule has 0 atom stereocenters. The van der Waals surface area contributed by atoms with E-state index in [1.807, 2.05) is 60.7 Å². The van der Waals surface area contributed by atoms with Gasteiger partial charge in [-0.25, -0.2) is 15.0 Å². The molecule has 0 aliphatic heterocycles. The molecule has 4 aliphatic carbocycles. The molecule has 0 radical (unpaired) electrons. The zero-order chi connectivity index (χ0) is 26.7. The summed E-state index contributed by atoms with van der Waals surface area (Å²) in [7, 11) is 0. The van der Waals surface area contributed by atoms with Gasteiger partial charge in [-0.15, -0.1) is 0 Å². The van der Waals surface area contributed by atoms with Crippen LogP contribution in [0.5, 0.6) is 0 Å². The molecule has 0 saturated heterocycles. The molecule has 194 valence electrons. The Morgan fingerprint density at radius 1 is 0.575 bits per heavy atom. The molecule has 4 nitrogen and oxygen atoms in total. The molecule has 1 aromatic heterocycles. The van der Waals surface area contributed by atoms with Crippen LogP contribution in [0, 0.1) is 29.1 Å². The number of nitrogens with zero attached hydrogens (tertiary/aromatic N) is 4. The second-order valence-electron chi connectivity index (χ2n) is 12.3. The smallest absolute Gasteiger partial charge is 0.164 e. The van der Waals surface area contributed by atoms with Crippen molar-refractivity contribution >= 4 is 10.8 Å². The van der Waals surface area contributed by atoms with Crippen molar-refractivity contribution in [2.24, 2.45) is 17.8 Å². The summed E-state index contributed by atoms with van der Waals surface area (Å²) in [4.78, 5) is 14.8. The van der Waals surface area contributed by atoms with Gasteiger partial charge in [0.1, 0.15) is 0 Å².